The van der Waals surface area contributed by atoms with Crippen LogP contribution in [0.5, 0.6) is 0 Å². The molecule has 0 bridgehead atoms. The maximum Gasteiger partial charge on any atom is 0.319 e. The number of hydrogen-bond acceptors (Lipinski definition) is 3. The van der Waals surface area contributed by atoms with Crippen molar-refractivity contribution in [3.8, 4) is 0 Å². The molecule has 0 aliphatic rings. The first-order valence-corrected chi connectivity index (χ1v) is 5.23. The highest BCUT2D eigenvalue weighted by Crippen LogP contribution is 2.29. The van der Waals surface area contributed by atoms with E-state index in [9.17, 15) is 9.59 Å². The maximum atomic E-state index is 11.7. The fourth-order valence-electron chi connectivity index (χ4n) is 1.51. The Labute approximate surface area is 85.8 Å². The predicted molar refractivity (Wildman–Crippen MR) is 54.9 cm³/mol. The normalized spacial score (nSPS) is 11.1. The topological polar surface area (TPSA) is 43.4 Å². The molecule has 0 fully saturated rings. The highest BCUT2D eigenvalue weighted by Gasteiger charge is 2.41. The van der Waals surface area contributed by atoms with Crippen LogP contribution in [0.4, 0.5) is 0 Å². The van der Waals surface area contributed by atoms with E-state index in [0.29, 0.717) is 19.4 Å². The molecule has 0 saturated heterocycles. The van der Waals surface area contributed by atoms with Crippen LogP contribution in [0.15, 0.2) is 0 Å². The van der Waals surface area contributed by atoms with E-state index < -0.39 is 5.41 Å². The van der Waals surface area contributed by atoms with E-state index in [1.165, 1.54) is 6.92 Å². The molecule has 0 atom stereocenters. The third-order valence-electron chi connectivity index (χ3n) is 2.71. The van der Waals surface area contributed by atoms with E-state index in [4.69, 9.17) is 4.74 Å². The summed E-state index contributed by atoms with van der Waals surface area (Å²) < 4.78 is 5.04. The molecule has 82 valence electrons. The summed E-state index contributed by atoms with van der Waals surface area (Å²) in [4.78, 5) is 23.1. The first-order chi connectivity index (χ1) is 6.55. The van der Waals surface area contributed by atoms with Gasteiger partial charge in [0.2, 0.25) is 0 Å². The molecule has 0 aromatic carbocycles. The van der Waals surface area contributed by atoms with Crippen molar-refractivity contribution in [3.05, 3.63) is 0 Å². The van der Waals surface area contributed by atoms with Crippen molar-refractivity contribution in [2.45, 2.75) is 47.0 Å². The van der Waals surface area contributed by atoms with Crippen molar-refractivity contribution >= 4 is 11.8 Å². The smallest absolute Gasteiger partial charge is 0.319 e. The molecule has 0 saturated carbocycles. The Hall–Kier alpha value is -0.860. The number of hydrogen-bond donors (Lipinski definition) is 0. The number of ether oxygens (including phenoxy) is 1. The summed E-state index contributed by atoms with van der Waals surface area (Å²) >= 11 is 0. The second kappa shape index (κ2) is 5.78. The van der Waals surface area contributed by atoms with Gasteiger partial charge in [-0.2, -0.15) is 0 Å². The molecule has 3 heteroatoms. The van der Waals surface area contributed by atoms with Crippen LogP contribution < -0.4 is 0 Å². The zero-order valence-electron chi connectivity index (χ0n) is 9.55. The van der Waals surface area contributed by atoms with E-state index in [0.717, 1.165) is 6.42 Å². The van der Waals surface area contributed by atoms with Gasteiger partial charge in [0.25, 0.3) is 0 Å². The molecule has 0 radical (unpaired) electrons. The summed E-state index contributed by atoms with van der Waals surface area (Å²) in [6.07, 6.45) is 1.82. The summed E-state index contributed by atoms with van der Waals surface area (Å²) in [7, 11) is 0. The lowest BCUT2D eigenvalue weighted by atomic mass is 9.79. The van der Waals surface area contributed by atoms with Crippen molar-refractivity contribution in [1.82, 2.24) is 0 Å². The van der Waals surface area contributed by atoms with E-state index in [2.05, 4.69) is 0 Å². The van der Waals surface area contributed by atoms with Gasteiger partial charge >= 0.3 is 5.97 Å². The van der Waals surface area contributed by atoms with Gasteiger partial charge in [0, 0.05) is 0 Å². The molecular formula is C11H20O3. The Morgan fingerprint density at radius 3 is 1.93 bits per heavy atom. The van der Waals surface area contributed by atoms with Gasteiger partial charge in [-0.3, -0.25) is 9.59 Å². The number of carbonyl (C=O) groups excluding carboxylic acids is 2. The van der Waals surface area contributed by atoms with Crippen LogP contribution in [0, 0.1) is 5.41 Å². The second-order valence-corrected chi connectivity index (χ2v) is 3.48. The van der Waals surface area contributed by atoms with Gasteiger partial charge in [-0.15, -0.1) is 0 Å². The Kier molecular flexibility index (Phi) is 5.43. The Bertz CT molecular complexity index is 205. The molecule has 0 amide bonds. The summed E-state index contributed by atoms with van der Waals surface area (Å²) in [6.45, 7) is 7.48. The Morgan fingerprint density at radius 1 is 1.14 bits per heavy atom. The molecule has 0 aliphatic carbocycles. The number of esters is 1. The van der Waals surface area contributed by atoms with Crippen molar-refractivity contribution in [2.75, 3.05) is 6.61 Å². The van der Waals surface area contributed by atoms with Gasteiger partial charge in [0.15, 0.2) is 0 Å². The molecule has 0 aromatic heterocycles. The van der Waals surface area contributed by atoms with Gasteiger partial charge in [-0.1, -0.05) is 20.8 Å². The minimum atomic E-state index is -0.908. The first kappa shape index (κ1) is 13.1. The number of rotatable bonds is 6. The fraction of sp³-hybridized carbons (Fsp3) is 0.818. The van der Waals surface area contributed by atoms with E-state index >= 15 is 0 Å². The van der Waals surface area contributed by atoms with Crippen molar-refractivity contribution in [1.29, 1.82) is 0 Å². The van der Waals surface area contributed by atoms with Crippen molar-refractivity contribution < 1.29 is 14.3 Å². The SMILES string of the molecule is CCCOC(=O)C(CC)(CC)C(C)=O. The maximum absolute atomic E-state index is 11.7. The zero-order chi connectivity index (χ0) is 11.2. The molecule has 0 unspecified atom stereocenters. The largest absolute Gasteiger partial charge is 0.465 e. The highest BCUT2D eigenvalue weighted by atomic mass is 16.5. The van der Waals surface area contributed by atoms with E-state index in [-0.39, 0.29) is 11.8 Å². The fourth-order valence-corrected chi connectivity index (χ4v) is 1.51. The third-order valence-corrected chi connectivity index (χ3v) is 2.71. The first-order valence-electron chi connectivity index (χ1n) is 5.23. The van der Waals surface area contributed by atoms with Gasteiger partial charge < -0.3 is 4.74 Å². The van der Waals surface area contributed by atoms with Crippen molar-refractivity contribution in [2.24, 2.45) is 5.41 Å². The average Bonchev–Trinajstić information content (AvgIpc) is 2.17. The predicted octanol–water partition coefficient (Wildman–Crippen LogP) is 2.33. The lowest BCUT2D eigenvalue weighted by Crippen LogP contribution is -2.38. The molecule has 0 spiro atoms. The third kappa shape index (κ3) is 2.56. The van der Waals surface area contributed by atoms with Crippen LogP contribution in [-0.4, -0.2) is 18.4 Å². The van der Waals surface area contributed by atoms with Gasteiger partial charge in [-0.25, -0.2) is 0 Å². The summed E-state index contributed by atoms with van der Waals surface area (Å²) in [5.41, 5.74) is -0.908. The molecule has 0 aliphatic heterocycles. The second-order valence-electron chi connectivity index (χ2n) is 3.48. The molecule has 3 nitrogen and oxygen atoms in total. The van der Waals surface area contributed by atoms with Crippen LogP contribution in [0.2, 0.25) is 0 Å². The Balaban J connectivity index is 4.63. The number of Topliss-reactive ketones (excluding diaryl/α,β-unsaturated/α-hetero) is 1. The lowest BCUT2D eigenvalue weighted by Gasteiger charge is -2.25. The van der Waals surface area contributed by atoms with Gasteiger partial charge in [-0.05, 0) is 26.2 Å². The lowest BCUT2D eigenvalue weighted by molar-refractivity contribution is -0.160. The summed E-state index contributed by atoms with van der Waals surface area (Å²) in [5, 5.41) is 0. The molecule has 0 N–H and O–H groups in total. The van der Waals surface area contributed by atoms with E-state index in [1.54, 1.807) is 0 Å². The van der Waals surface area contributed by atoms with Crippen LogP contribution in [0.25, 0.3) is 0 Å². The molecule has 0 rings (SSSR count). The monoisotopic (exact) mass is 200 g/mol. The van der Waals surface area contributed by atoms with Crippen LogP contribution in [0.3, 0.4) is 0 Å². The molecule has 0 aromatic rings. The number of ketones is 1. The van der Waals surface area contributed by atoms with Gasteiger partial charge in [0.1, 0.15) is 11.2 Å². The summed E-state index contributed by atoms with van der Waals surface area (Å²) in [6, 6.07) is 0. The minimum absolute atomic E-state index is 0.0939. The van der Waals surface area contributed by atoms with Crippen LogP contribution in [0.1, 0.15) is 47.0 Å². The van der Waals surface area contributed by atoms with Crippen LogP contribution >= 0.6 is 0 Å². The summed E-state index contributed by atoms with van der Waals surface area (Å²) in [5.74, 6) is -0.458. The van der Waals surface area contributed by atoms with Crippen LogP contribution in [-0.2, 0) is 14.3 Å². The Morgan fingerprint density at radius 2 is 1.64 bits per heavy atom. The standard InChI is InChI=1S/C11H20O3/c1-5-8-14-10(13)11(6-2,7-3)9(4)12/h5-8H2,1-4H3. The zero-order valence-corrected chi connectivity index (χ0v) is 9.55. The average molecular weight is 200 g/mol. The molecule has 0 heterocycles. The van der Waals surface area contributed by atoms with E-state index in [1.807, 2.05) is 20.8 Å². The number of carbonyl (C=O) groups is 2. The molecule has 14 heavy (non-hydrogen) atoms. The minimum Gasteiger partial charge on any atom is -0.465 e. The highest BCUT2D eigenvalue weighted by molar-refractivity contribution is 6.02. The molecular weight excluding hydrogens is 180 g/mol. The van der Waals surface area contributed by atoms with Gasteiger partial charge in [0.05, 0.1) is 6.61 Å². The quantitative estimate of drug-likeness (QED) is 0.488. The van der Waals surface area contributed by atoms with Crippen molar-refractivity contribution in [3.63, 3.8) is 0 Å².